The van der Waals surface area contributed by atoms with E-state index in [1.54, 1.807) is 0 Å². The molecule has 3 heteroatoms. The lowest BCUT2D eigenvalue weighted by Crippen LogP contribution is -2.55. The van der Waals surface area contributed by atoms with E-state index in [-0.39, 0.29) is 0 Å². The Bertz CT molecular complexity index is 545. The van der Waals surface area contributed by atoms with Gasteiger partial charge in [0.2, 0.25) is 0 Å². The molecule has 3 atom stereocenters. The van der Waals surface area contributed by atoms with Gasteiger partial charge in [-0.1, -0.05) is 29.8 Å². The van der Waals surface area contributed by atoms with Gasteiger partial charge < -0.3 is 0 Å². The fourth-order valence-corrected chi connectivity index (χ4v) is 9.41. The Hall–Kier alpha value is 0.660. The van der Waals surface area contributed by atoms with Crippen LogP contribution < -0.4 is 0 Å². The third-order valence-corrected chi connectivity index (χ3v) is 9.11. The summed E-state index contributed by atoms with van der Waals surface area (Å²) < 4.78 is 1.26. The van der Waals surface area contributed by atoms with Gasteiger partial charge in [-0.3, -0.25) is 0 Å². The first-order chi connectivity index (χ1) is 9.79. The summed E-state index contributed by atoms with van der Waals surface area (Å²) in [6.07, 6.45) is 10.3. The van der Waals surface area contributed by atoms with Crippen LogP contribution in [0.2, 0.25) is 0 Å². The van der Waals surface area contributed by atoms with Crippen LogP contribution in [0.25, 0.3) is 0 Å². The van der Waals surface area contributed by atoms with Crippen LogP contribution in [0.1, 0.15) is 68.5 Å². The van der Waals surface area contributed by atoms with Crippen LogP contribution in [0.5, 0.6) is 0 Å². The molecule has 0 nitrogen and oxygen atoms in total. The summed E-state index contributed by atoms with van der Waals surface area (Å²) in [5.74, 6) is 1.01. The average molecular weight is 432 g/mol. The summed E-state index contributed by atoms with van der Waals surface area (Å²) in [5, 5.41) is 0. The van der Waals surface area contributed by atoms with Crippen LogP contribution in [0.3, 0.4) is 0 Å². The van der Waals surface area contributed by atoms with Crippen molar-refractivity contribution in [3.63, 3.8) is 0 Å². The lowest BCUT2D eigenvalue weighted by Gasteiger charge is -2.66. The van der Waals surface area contributed by atoms with Crippen LogP contribution >= 0.6 is 43.2 Å². The van der Waals surface area contributed by atoms with Crippen LogP contribution in [-0.4, -0.2) is 0 Å². The molecule has 4 saturated carbocycles. The Kier molecular flexibility index (Phi) is 3.50. The van der Waals surface area contributed by atoms with E-state index in [9.17, 15) is 0 Å². The third kappa shape index (κ3) is 2.70. The zero-order valence-corrected chi connectivity index (χ0v) is 16.9. The second kappa shape index (κ2) is 4.83. The maximum atomic E-state index is 4.01. The highest BCUT2D eigenvalue weighted by Gasteiger charge is 2.60. The minimum atomic E-state index is 0.539. The van der Waals surface area contributed by atoms with E-state index in [4.69, 9.17) is 0 Å². The molecule has 1 aromatic heterocycles. The number of hydrogen-bond donors (Lipinski definition) is 0. The topological polar surface area (TPSA) is 0 Å². The monoisotopic (exact) mass is 430 g/mol. The molecule has 5 rings (SSSR count). The van der Waals surface area contributed by atoms with E-state index in [0.717, 1.165) is 5.92 Å². The van der Waals surface area contributed by atoms with Crippen molar-refractivity contribution in [2.75, 3.05) is 0 Å². The zero-order valence-electron chi connectivity index (χ0n) is 12.9. The van der Waals surface area contributed by atoms with Gasteiger partial charge >= 0.3 is 0 Å². The molecule has 4 bridgehead atoms. The molecule has 0 N–H and O–H groups in total. The summed E-state index contributed by atoms with van der Waals surface area (Å²) in [5.41, 5.74) is 1.88. The van der Waals surface area contributed by atoms with E-state index in [2.05, 4.69) is 57.8 Å². The van der Waals surface area contributed by atoms with Gasteiger partial charge in [-0.25, -0.2) is 0 Å². The van der Waals surface area contributed by atoms with Gasteiger partial charge in [0.05, 0.1) is 3.79 Å². The second-order valence-electron chi connectivity index (χ2n) is 8.94. The standard InChI is InChI=1S/C18H24Br2S/c1-16-5-12-6-17(2,9-16)11-18(7-12,10-16)8-13(19)14-3-4-15(20)21-14/h3-4,12-13H,5-11H2,1-2H3. The Morgan fingerprint density at radius 3 is 2.33 bits per heavy atom. The van der Waals surface area contributed by atoms with Crippen molar-refractivity contribution in [3.8, 4) is 0 Å². The predicted octanol–water partition coefficient (Wildman–Crippen LogP) is 7.33. The van der Waals surface area contributed by atoms with Gasteiger partial charge in [0.25, 0.3) is 0 Å². The minimum Gasteiger partial charge on any atom is -0.132 e. The molecule has 1 heterocycles. The molecule has 0 aromatic carbocycles. The fourth-order valence-electron chi connectivity index (χ4n) is 6.89. The van der Waals surface area contributed by atoms with Gasteiger partial charge in [0, 0.05) is 9.70 Å². The Morgan fingerprint density at radius 2 is 1.81 bits per heavy atom. The van der Waals surface area contributed by atoms with Crippen LogP contribution in [-0.2, 0) is 0 Å². The number of alkyl halides is 1. The van der Waals surface area contributed by atoms with E-state index >= 15 is 0 Å². The molecule has 4 aliphatic rings. The van der Waals surface area contributed by atoms with E-state index in [1.165, 1.54) is 53.6 Å². The number of rotatable bonds is 3. The number of hydrogen-bond acceptors (Lipinski definition) is 1. The molecule has 0 radical (unpaired) electrons. The lowest BCUT2D eigenvalue weighted by molar-refractivity contribution is -0.147. The second-order valence-corrected chi connectivity index (χ2v) is 12.5. The molecular weight excluding hydrogens is 408 g/mol. The molecule has 0 saturated heterocycles. The van der Waals surface area contributed by atoms with Crippen molar-refractivity contribution in [1.29, 1.82) is 0 Å². The first-order valence-corrected chi connectivity index (χ1v) is 10.7. The molecule has 3 unspecified atom stereocenters. The number of thiophene rings is 1. The van der Waals surface area contributed by atoms with Gasteiger partial charge in [-0.2, -0.15) is 0 Å². The van der Waals surface area contributed by atoms with Crippen molar-refractivity contribution in [1.82, 2.24) is 0 Å². The SMILES string of the molecule is CC12CC3CC(C)(C1)CC(CC(Br)c1ccc(Br)s1)(C3)C2. The molecule has 0 aliphatic heterocycles. The average Bonchev–Trinajstić information content (AvgIpc) is 2.70. The summed E-state index contributed by atoms with van der Waals surface area (Å²) in [6, 6.07) is 4.48. The Morgan fingerprint density at radius 1 is 1.14 bits per heavy atom. The maximum absolute atomic E-state index is 4.01. The summed E-state index contributed by atoms with van der Waals surface area (Å²) in [7, 11) is 0. The van der Waals surface area contributed by atoms with Crippen molar-refractivity contribution < 1.29 is 0 Å². The molecule has 116 valence electrons. The number of halogens is 2. The summed E-state index contributed by atoms with van der Waals surface area (Å²) >= 11 is 9.52. The van der Waals surface area contributed by atoms with Crippen molar-refractivity contribution in [2.24, 2.45) is 22.2 Å². The zero-order chi connectivity index (χ0) is 14.9. The van der Waals surface area contributed by atoms with Crippen molar-refractivity contribution in [3.05, 3.63) is 20.8 Å². The van der Waals surface area contributed by atoms with Gasteiger partial charge in [0.15, 0.2) is 0 Å². The fraction of sp³-hybridized carbons (Fsp3) is 0.778. The molecule has 1 aromatic rings. The van der Waals surface area contributed by atoms with Gasteiger partial charge in [-0.15, -0.1) is 11.3 Å². The van der Waals surface area contributed by atoms with Crippen molar-refractivity contribution >= 4 is 43.2 Å². The predicted molar refractivity (Wildman–Crippen MR) is 98.1 cm³/mol. The normalized spacial score (nSPS) is 46.0. The lowest BCUT2D eigenvalue weighted by atomic mass is 9.40. The Labute approximate surface area is 149 Å². The summed E-state index contributed by atoms with van der Waals surface area (Å²) in [6.45, 7) is 5.16. The van der Waals surface area contributed by atoms with E-state index in [1.807, 2.05) is 11.3 Å². The van der Waals surface area contributed by atoms with Gasteiger partial charge in [0.1, 0.15) is 0 Å². The molecule has 0 amide bonds. The third-order valence-electron chi connectivity index (χ3n) is 6.26. The van der Waals surface area contributed by atoms with Crippen LogP contribution in [0.4, 0.5) is 0 Å². The minimum absolute atomic E-state index is 0.539. The Balaban J connectivity index is 1.59. The smallest absolute Gasteiger partial charge is 0.0701 e. The molecule has 4 fully saturated rings. The van der Waals surface area contributed by atoms with E-state index in [0.29, 0.717) is 21.1 Å². The van der Waals surface area contributed by atoms with Crippen LogP contribution in [0.15, 0.2) is 15.9 Å². The maximum Gasteiger partial charge on any atom is 0.0701 e. The molecule has 21 heavy (non-hydrogen) atoms. The molecule has 0 spiro atoms. The summed E-state index contributed by atoms with van der Waals surface area (Å²) in [4.78, 5) is 2.03. The highest BCUT2D eigenvalue weighted by molar-refractivity contribution is 9.11. The van der Waals surface area contributed by atoms with E-state index < -0.39 is 0 Å². The quantitative estimate of drug-likeness (QED) is 0.439. The van der Waals surface area contributed by atoms with Crippen molar-refractivity contribution in [2.45, 2.75) is 63.6 Å². The van der Waals surface area contributed by atoms with Crippen LogP contribution in [0, 0.1) is 22.2 Å². The molecular formula is C18H24Br2S. The largest absolute Gasteiger partial charge is 0.132 e. The van der Waals surface area contributed by atoms with Gasteiger partial charge in [-0.05, 0) is 95.2 Å². The first-order valence-electron chi connectivity index (χ1n) is 8.18. The highest BCUT2D eigenvalue weighted by atomic mass is 79.9. The first kappa shape index (κ1) is 15.2. The highest BCUT2D eigenvalue weighted by Crippen LogP contribution is 2.71. The molecule has 4 aliphatic carbocycles.